The molecule has 0 aliphatic carbocycles. The minimum Gasteiger partial charge on any atom is -0.486 e. The summed E-state index contributed by atoms with van der Waals surface area (Å²) < 4.78 is 8.07. The summed E-state index contributed by atoms with van der Waals surface area (Å²) in [6, 6.07) is 19.1. The molecule has 0 saturated heterocycles. The second-order valence-electron chi connectivity index (χ2n) is 7.23. The Labute approximate surface area is 191 Å². The number of aryl methyl sites for hydroxylation is 1. The Bertz CT molecular complexity index is 1530. The normalized spacial score (nSPS) is 12.2. The maximum Gasteiger partial charge on any atom is 0.274 e. The smallest absolute Gasteiger partial charge is 0.274 e. The van der Waals surface area contributed by atoms with E-state index >= 15 is 0 Å². The fourth-order valence-corrected chi connectivity index (χ4v) is 5.12. The average Bonchev–Trinajstić information content (AvgIpc) is 3.24. The monoisotopic (exact) mass is 466 g/mol. The van der Waals surface area contributed by atoms with Gasteiger partial charge in [0.25, 0.3) is 5.56 Å². The van der Waals surface area contributed by atoms with Crippen LogP contribution in [0, 0.1) is 6.92 Å². The van der Waals surface area contributed by atoms with E-state index in [4.69, 9.17) is 27.9 Å². The third-order valence-electron chi connectivity index (χ3n) is 4.93. The van der Waals surface area contributed by atoms with Gasteiger partial charge in [0.1, 0.15) is 6.61 Å². The van der Waals surface area contributed by atoms with Gasteiger partial charge in [-0.15, -0.1) is 0 Å². The molecule has 0 atom stereocenters. The third-order valence-corrected chi connectivity index (χ3v) is 6.46. The van der Waals surface area contributed by atoms with Crippen LogP contribution in [0.2, 0.25) is 10.0 Å². The van der Waals surface area contributed by atoms with Crippen LogP contribution in [0.1, 0.15) is 16.7 Å². The summed E-state index contributed by atoms with van der Waals surface area (Å²) in [4.78, 5) is 18.1. The predicted octanol–water partition coefficient (Wildman–Crippen LogP) is 5.65. The van der Waals surface area contributed by atoms with Crippen molar-refractivity contribution in [3.05, 3.63) is 102 Å². The molecule has 2 heterocycles. The van der Waals surface area contributed by atoms with Crippen LogP contribution in [-0.2, 0) is 6.61 Å². The Morgan fingerprint density at radius 1 is 1.06 bits per heavy atom. The molecule has 0 amide bonds. The minimum absolute atomic E-state index is 0.110. The van der Waals surface area contributed by atoms with Crippen molar-refractivity contribution in [1.82, 2.24) is 9.38 Å². The Hall–Kier alpha value is -2.86. The first kappa shape index (κ1) is 20.1. The zero-order chi connectivity index (χ0) is 21.5. The molecule has 0 saturated carbocycles. The third kappa shape index (κ3) is 3.81. The summed E-state index contributed by atoms with van der Waals surface area (Å²) in [5, 5.41) is 0.788. The molecule has 0 unspecified atom stereocenters. The van der Waals surface area contributed by atoms with Crippen molar-refractivity contribution in [2.45, 2.75) is 13.5 Å². The van der Waals surface area contributed by atoms with E-state index in [1.165, 1.54) is 11.3 Å². The van der Waals surface area contributed by atoms with Gasteiger partial charge >= 0.3 is 0 Å². The summed E-state index contributed by atoms with van der Waals surface area (Å²) in [6.45, 7) is 2.40. The van der Waals surface area contributed by atoms with Crippen LogP contribution in [-0.4, -0.2) is 9.38 Å². The predicted molar refractivity (Wildman–Crippen MR) is 128 cm³/mol. The van der Waals surface area contributed by atoms with E-state index in [-0.39, 0.29) is 5.56 Å². The van der Waals surface area contributed by atoms with Crippen LogP contribution in [0.15, 0.2) is 65.5 Å². The highest BCUT2D eigenvalue weighted by Gasteiger charge is 2.13. The number of aromatic nitrogens is 2. The first-order chi connectivity index (χ1) is 15.0. The Morgan fingerprint density at radius 3 is 2.61 bits per heavy atom. The maximum absolute atomic E-state index is 12.9. The molecule has 31 heavy (non-hydrogen) atoms. The average molecular weight is 467 g/mol. The molecule has 0 spiro atoms. The number of hydrogen-bond donors (Lipinski definition) is 0. The van der Waals surface area contributed by atoms with Crippen molar-refractivity contribution in [2.75, 3.05) is 0 Å². The summed E-state index contributed by atoms with van der Waals surface area (Å²) in [5.74, 6) is 0.427. The fourth-order valence-electron chi connectivity index (χ4n) is 3.52. The zero-order valence-electron chi connectivity index (χ0n) is 16.4. The first-order valence-electron chi connectivity index (χ1n) is 9.59. The molecule has 0 fully saturated rings. The molecule has 0 aliphatic rings. The van der Waals surface area contributed by atoms with E-state index in [9.17, 15) is 4.79 Å². The number of thiazole rings is 1. The summed E-state index contributed by atoms with van der Waals surface area (Å²) in [7, 11) is 0. The Balaban J connectivity index is 1.49. The van der Waals surface area contributed by atoms with Crippen LogP contribution in [0.3, 0.4) is 0 Å². The molecule has 7 heteroatoms. The SMILES string of the molecule is Cc1cccc(COc2c(Cl)cc(C=c3sc4nc5ccccc5n4c3=O)cc2Cl)c1. The van der Waals surface area contributed by atoms with Crippen molar-refractivity contribution >= 4 is 56.6 Å². The van der Waals surface area contributed by atoms with Gasteiger partial charge in [0.2, 0.25) is 0 Å². The van der Waals surface area contributed by atoms with E-state index in [0.717, 1.165) is 27.7 Å². The lowest BCUT2D eigenvalue weighted by Gasteiger charge is -2.11. The maximum atomic E-state index is 12.9. The first-order valence-corrected chi connectivity index (χ1v) is 11.2. The highest BCUT2D eigenvalue weighted by molar-refractivity contribution is 7.15. The lowest BCUT2D eigenvalue weighted by molar-refractivity contribution is 0.306. The Morgan fingerprint density at radius 2 is 1.84 bits per heavy atom. The standard InChI is InChI=1S/C24H16Cl2N2O2S/c1-14-5-4-6-15(9-14)13-30-22-17(25)10-16(11-18(22)26)12-21-23(29)28-20-8-3-2-7-19(20)27-24(28)31-21/h2-12H,13H2,1H3. The molecule has 0 bridgehead atoms. The summed E-state index contributed by atoms with van der Waals surface area (Å²) in [5.41, 5.74) is 4.41. The second-order valence-corrected chi connectivity index (χ2v) is 9.05. The molecule has 0 N–H and O–H groups in total. The van der Waals surface area contributed by atoms with Gasteiger partial charge in [0, 0.05) is 0 Å². The van der Waals surface area contributed by atoms with Gasteiger partial charge in [-0.3, -0.25) is 4.79 Å². The lowest BCUT2D eigenvalue weighted by atomic mass is 10.1. The van der Waals surface area contributed by atoms with Crippen molar-refractivity contribution < 1.29 is 4.74 Å². The largest absolute Gasteiger partial charge is 0.486 e. The number of imidazole rings is 1. The molecule has 5 aromatic rings. The van der Waals surface area contributed by atoms with Crippen LogP contribution in [0.25, 0.3) is 22.1 Å². The van der Waals surface area contributed by atoms with E-state index in [1.54, 1.807) is 22.6 Å². The van der Waals surface area contributed by atoms with Crippen LogP contribution in [0.4, 0.5) is 0 Å². The van der Waals surface area contributed by atoms with Gasteiger partial charge in [0.05, 0.1) is 25.6 Å². The van der Waals surface area contributed by atoms with Crippen molar-refractivity contribution in [1.29, 1.82) is 0 Å². The minimum atomic E-state index is -0.110. The van der Waals surface area contributed by atoms with Gasteiger partial charge < -0.3 is 4.74 Å². The fraction of sp³-hybridized carbons (Fsp3) is 0.0833. The number of halogens is 2. The quantitative estimate of drug-likeness (QED) is 0.343. The molecule has 3 aromatic carbocycles. The van der Waals surface area contributed by atoms with E-state index in [1.807, 2.05) is 49.4 Å². The highest BCUT2D eigenvalue weighted by atomic mass is 35.5. The second kappa shape index (κ2) is 8.00. The van der Waals surface area contributed by atoms with Crippen molar-refractivity contribution in [3.8, 4) is 5.75 Å². The highest BCUT2D eigenvalue weighted by Crippen LogP contribution is 2.35. The van der Waals surface area contributed by atoms with Gasteiger partial charge in [0.15, 0.2) is 10.7 Å². The number of ether oxygens (including phenoxy) is 1. The van der Waals surface area contributed by atoms with Crippen LogP contribution in [0.5, 0.6) is 5.75 Å². The van der Waals surface area contributed by atoms with E-state index < -0.39 is 0 Å². The van der Waals surface area contributed by atoms with Gasteiger partial charge in [-0.1, -0.05) is 76.5 Å². The van der Waals surface area contributed by atoms with Crippen LogP contribution < -0.4 is 14.8 Å². The van der Waals surface area contributed by atoms with Gasteiger partial charge in [-0.25, -0.2) is 9.38 Å². The lowest BCUT2D eigenvalue weighted by Crippen LogP contribution is -2.22. The molecule has 0 aliphatic heterocycles. The molecular weight excluding hydrogens is 451 g/mol. The van der Waals surface area contributed by atoms with E-state index in [2.05, 4.69) is 11.1 Å². The topological polar surface area (TPSA) is 43.6 Å². The van der Waals surface area contributed by atoms with Gasteiger partial charge in [-0.05, 0) is 48.4 Å². The van der Waals surface area contributed by atoms with Crippen LogP contribution >= 0.6 is 34.5 Å². The number of rotatable bonds is 4. The van der Waals surface area contributed by atoms with Crippen molar-refractivity contribution in [2.24, 2.45) is 0 Å². The van der Waals surface area contributed by atoms with Gasteiger partial charge in [-0.2, -0.15) is 0 Å². The number of para-hydroxylation sites is 2. The molecule has 0 radical (unpaired) electrons. The molecule has 154 valence electrons. The summed E-state index contributed by atoms with van der Waals surface area (Å²) in [6.07, 6.45) is 1.78. The summed E-state index contributed by atoms with van der Waals surface area (Å²) >= 11 is 14.2. The number of hydrogen-bond acceptors (Lipinski definition) is 4. The zero-order valence-corrected chi connectivity index (χ0v) is 18.8. The Kier molecular flexibility index (Phi) is 5.18. The molecular formula is C24H16Cl2N2O2S. The molecule has 2 aromatic heterocycles. The van der Waals surface area contributed by atoms with E-state index in [0.29, 0.717) is 31.9 Å². The molecule has 4 nitrogen and oxygen atoms in total. The number of fused-ring (bicyclic) bond motifs is 3. The number of benzene rings is 3. The van der Waals surface area contributed by atoms with Crippen molar-refractivity contribution in [3.63, 3.8) is 0 Å². The number of nitrogens with zero attached hydrogens (tertiary/aromatic N) is 2. The molecule has 5 rings (SSSR count).